The van der Waals surface area contributed by atoms with Crippen LogP contribution in [0.25, 0.3) is 0 Å². The quantitative estimate of drug-likeness (QED) is 0.331. The predicted molar refractivity (Wildman–Crippen MR) is 167 cm³/mol. The summed E-state index contributed by atoms with van der Waals surface area (Å²) in [6.45, 7) is 3.41. The number of para-hydroxylation sites is 1. The predicted octanol–water partition coefficient (Wildman–Crippen LogP) is 5.79. The third kappa shape index (κ3) is 6.04. The third-order valence-electron chi connectivity index (χ3n) is 6.30. The number of hydrogen-bond acceptors (Lipinski definition) is 8. The number of carbonyl (C=O) groups is 2. The van der Waals surface area contributed by atoms with Crippen molar-refractivity contribution in [3.8, 4) is 0 Å². The van der Waals surface area contributed by atoms with Crippen molar-refractivity contribution in [1.29, 1.82) is 0 Å². The van der Waals surface area contributed by atoms with Crippen molar-refractivity contribution in [1.82, 2.24) is 9.80 Å². The first kappa shape index (κ1) is 27.8. The summed E-state index contributed by atoms with van der Waals surface area (Å²) < 4.78 is 0. The number of rotatable bonds is 8. The van der Waals surface area contributed by atoms with Crippen LogP contribution in [0.1, 0.15) is 12.5 Å². The Balaban J connectivity index is 1.55. The van der Waals surface area contributed by atoms with Crippen molar-refractivity contribution in [2.24, 2.45) is 4.99 Å². The van der Waals surface area contributed by atoms with E-state index in [9.17, 15) is 9.59 Å². The van der Waals surface area contributed by atoms with Gasteiger partial charge in [-0.05, 0) is 68.7 Å². The Morgan fingerprint density at radius 3 is 2.48 bits per heavy atom. The van der Waals surface area contributed by atoms with E-state index in [2.05, 4.69) is 27.7 Å². The van der Waals surface area contributed by atoms with Gasteiger partial charge in [-0.25, -0.2) is 4.99 Å². The maximum absolute atomic E-state index is 14.0. The molecule has 2 aliphatic heterocycles. The average Bonchev–Trinajstić information content (AvgIpc) is 3.42. The molecule has 10 heteroatoms. The third-order valence-corrected chi connectivity index (χ3v) is 8.74. The summed E-state index contributed by atoms with van der Waals surface area (Å²) >= 11 is 2.99. The highest BCUT2D eigenvalue weighted by atomic mass is 32.2. The van der Waals surface area contributed by atoms with Gasteiger partial charge in [0.05, 0.1) is 35.2 Å². The molecular weight excluding hydrogens is 541 g/mol. The molecule has 2 N–H and O–H groups in total. The van der Waals surface area contributed by atoms with Crippen LogP contribution in [-0.2, 0) is 16.1 Å². The second-order valence-electron chi connectivity index (χ2n) is 9.68. The number of hydrogen-bond donors (Lipinski definition) is 2. The Morgan fingerprint density at radius 2 is 1.75 bits per heavy atom. The number of amides is 2. The first-order valence-corrected chi connectivity index (χ1v) is 14.7. The molecule has 206 valence electrons. The van der Waals surface area contributed by atoms with E-state index in [0.717, 1.165) is 26.9 Å². The van der Waals surface area contributed by atoms with Crippen molar-refractivity contribution in [3.63, 3.8) is 0 Å². The summed E-state index contributed by atoms with van der Waals surface area (Å²) in [5.74, 6) is -0.181. The number of thioether (sulfide) groups is 2. The minimum Gasteiger partial charge on any atom is -0.384 e. The fourth-order valence-corrected chi connectivity index (χ4v) is 6.79. The lowest BCUT2D eigenvalue weighted by atomic mass is 10.2. The largest absolute Gasteiger partial charge is 0.384 e. The van der Waals surface area contributed by atoms with E-state index >= 15 is 0 Å². The number of anilines is 3. The molecule has 0 spiro atoms. The molecule has 0 bridgehead atoms. The van der Waals surface area contributed by atoms with Crippen LogP contribution in [0.4, 0.5) is 22.7 Å². The highest BCUT2D eigenvalue weighted by Gasteiger charge is 2.39. The highest BCUT2D eigenvalue weighted by Crippen LogP contribution is 2.50. The van der Waals surface area contributed by atoms with Gasteiger partial charge < -0.3 is 20.4 Å². The van der Waals surface area contributed by atoms with E-state index < -0.39 is 0 Å². The number of fused-ring (bicyclic) bond motifs is 1. The molecular formula is C30H32N6O2S2. The second kappa shape index (κ2) is 12.2. The van der Waals surface area contributed by atoms with Gasteiger partial charge in [0.1, 0.15) is 4.91 Å². The SMILES string of the molecule is CCNc1ccc(NC(=O)CN(C)C)cc1N=C1S/C(=C2\Sc3ccccc3N2C)C(=O)N1Cc1ccccc1. The monoisotopic (exact) mass is 572 g/mol. The molecule has 1 saturated heterocycles. The van der Waals surface area contributed by atoms with Gasteiger partial charge in [0.15, 0.2) is 5.17 Å². The van der Waals surface area contributed by atoms with Crippen molar-refractivity contribution in [2.75, 3.05) is 49.8 Å². The molecule has 2 amide bonds. The van der Waals surface area contributed by atoms with Gasteiger partial charge in [-0.2, -0.15) is 0 Å². The van der Waals surface area contributed by atoms with Gasteiger partial charge in [-0.15, -0.1) is 0 Å². The molecule has 0 aliphatic carbocycles. The molecule has 0 saturated carbocycles. The average molecular weight is 573 g/mol. The van der Waals surface area contributed by atoms with Crippen molar-refractivity contribution >= 4 is 63.3 Å². The van der Waals surface area contributed by atoms with Crippen molar-refractivity contribution in [2.45, 2.75) is 18.4 Å². The van der Waals surface area contributed by atoms with Gasteiger partial charge >= 0.3 is 0 Å². The number of nitrogens with zero attached hydrogens (tertiary/aromatic N) is 4. The highest BCUT2D eigenvalue weighted by molar-refractivity contribution is 8.19. The normalized spacial score (nSPS) is 17.6. The van der Waals surface area contributed by atoms with E-state index in [1.54, 1.807) is 16.7 Å². The molecule has 3 aromatic rings. The van der Waals surface area contributed by atoms with E-state index in [4.69, 9.17) is 4.99 Å². The Bertz CT molecular complexity index is 1490. The van der Waals surface area contributed by atoms with Crippen molar-refractivity contribution in [3.05, 3.63) is 88.3 Å². The zero-order valence-electron chi connectivity index (χ0n) is 23.0. The van der Waals surface area contributed by atoms with Crippen LogP contribution >= 0.6 is 23.5 Å². The summed E-state index contributed by atoms with van der Waals surface area (Å²) in [6, 6.07) is 23.7. The van der Waals surface area contributed by atoms with Gasteiger partial charge in [0.2, 0.25) is 5.91 Å². The van der Waals surface area contributed by atoms with E-state index in [-0.39, 0.29) is 18.4 Å². The second-order valence-corrected chi connectivity index (χ2v) is 11.7. The fourth-order valence-electron chi connectivity index (χ4n) is 4.46. The van der Waals surface area contributed by atoms with Gasteiger partial charge in [-0.3, -0.25) is 14.5 Å². The summed E-state index contributed by atoms with van der Waals surface area (Å²) in [6.07, 6.45) is 0. The van der Waals surface area contributed by atoms with E-state index in [1.165, 1.54) is 11.8 Å². The first-order valence-electron chi connectivity index (χ1n) is 13.0. The molecule has 3 aromatic carbocycles. The van der Waals surface area contributed by atoms with Crippen LogP contribution in [0.15, 0.2) is 92.6 Å². The molecule has 2 heterocycles. The molecule has 2 aliphatic rings. The van der Waals surface area contributed by atoms with Gasteiger partial charge in [-0.1, -0.05) is 54.2 Å². The maximum Gasteiger partial charge on any atom is 0.269 e. The Hall–Kier alpha value is -3.73. The van der Waals surface area contributed by atoms with Gasteiger partial charge in [0, 0.05) is 24.2 Å². The summed E-state index contributed by atoms with van der Waals surface area (Å²) in [5.41, 5.74) is 4.23. The minimum absolute atomic E-state index is 0.0739. The van der Waals surface area contributed by atoms with Crippen LogP contribution in [-0.4, -0.2) is 61.0 Å². The smallest absolute Gasteiger partial charge is 0.269 e. The molecule has 5 rings (SSSR count). The number of carbonyl (C=O) groups excluding carboxylic acids is 2. The van der Waals surface area contributed by atoms with Crippen LogP contribution in [0.5, 0.6) is 0 Å². The number of benzene rings is 3. The number of aliphatic imine (C=N–C) groups is 1. The maximum atomic E-state index is 14.0. The van der Waals surface area contributed by atoms with Crippen LogP contribution in [0.2, 0.25) is 0 Å². The molecule has 0 unspecified atom stereocenters. The lowest BCUT2D eigenvalue weighted by molar-refractivity contribution is -0.122. The van der Waals surface area contributed by atoms with E-state index in [0.29, 0.717) is 34.5 Å². The molecule has 40 heavy (non-hydrogen) atoms. The molecule has 0 aromatic heterocycles. The Kier molecular flexibility index (Phi) is 8.49. The standard InChI is InChI=1S/C30H32N6O2S2/c1-5-31-22-16-15-21(32-26(37)19-34(2)3)17-23(22)33-30-36(18-20-11-7-6-8-12-20)28(38)27(40-30)29-35(4)24-13-9-10-14-25(24)39-29/h6-17,31H,5,18-19H2,1-4H3,(H,32,37)/b29-27-,33-30?. The zero-order valence-corrected chi connectivity index (χ0v) is 24.6. The van der Waals surface area contributed by atoms with Gasteiger partial charge in [0.25, 0.3) is 5.91 Å². The Labute approximate surface area is 243 Å². The minimum atomic E-state index is -0.108. The lowest BCUT2D eigenvalue weighted by Crippen LogP contribution is -2.29. The summed E-state index contributed by atoms with van der Waals surface area (Å²) in [7, 11) is 5.70. The van der Waals surface area contributed by atoms with Crippen molar-refractivity contribution < 1.29 is 9.59 Å². The molecule has 0 radical (unpaired) electrons. The number of likely N-dealkylation sites (N-methyl/N-ethyl adjacent to an activating group) is 1. The zero-order chi connectivity index (χ0) is 28.2. The number of amidine groups is 1. The first-order chi connectivity index (χ1) is 19.3. The van der Waals surface area contributed by atoms with Crippen LogP contribution in [0, 0.1) is 0 Å². The van der Waals surface area contributed by atoms with Crippen LogP contribution < -0.4 is 15.5 Å². The summed E-state index contributed by atoms with van der Waals surface area (Å²) in [5, 5.41) is 7.81. The number of nitrogens with one attached hydrogen (secondary N) is 2. The van der Waals surface area contributed by atoms with Crippen LogP contribution in [0.3, 0.4) is 0 Å². The summed E-state index contributed by atoms with van der Waals surface area (Å²) in [4.78, 5) is 38.8. The molecule has 1 fully saturated rings. The Morgan fingerprint density at radius 1 is 1.00 bits per heavy atom. The molecule has 0 atom stereocenters. The van der Waals surface area contributed by atoms with E-state index in [1.807, 2.05) is 93.6 Å². The lowest BCUT2D eigenvalue weighted by Gasteiger charge is -2.17. The fraction of sp³-hybridized carbons (Fsp3) is 0.233. The topological polar surface area (TPSA) is 80.3 Å². The molecule has 8 nitrogen and oxygen atoms in total.